The number of ether oxygens (including phenoxy) is 2. The normalized spacial score (nSPS) is 17.0. The van der Waals surface area contributed by atoms with Gasteiger partial charge in [-0.3, -0.25) is 0 Å². The van der Waals surface area contributed by atoms with Crippen LogP contribution in [0.15, 0.2) is 24.3 Å². The van der Waals surface area contributed by atoms with E-state index in [1.807, 2.05) is 31.2 Å². The summed E-state index contributed by atoms with van der Waals surface area (Å²) in [5, 5.41) is 3.35. The van der Waals surface area contributed by atoms with Crippen molar-refractivity contribution >= 4 is 17.5 Å². The summed E-state index contributed by atoms with van der Waals surface area (Å²) in [7, 11) is 0. The van der Waals surface area contributed by atoms with Gasteiger partial charge in [0.15, 0.2) is 11.5 Å². The maximum absolute atomic E-state index is 5.43. The highest BCUT2D eigenvalue weighted by Crippen LogP contribution is 2.35. The standard InChI is InChI=1S/C18H23N5O2/c1-3-22-6-8-23(9-7-22)18-19-13(2)10-17(21-18)20-14-4-5-15-16(11-14)25-12-24-15/h4-5,10-11H,3,6-9,12H2,1-2H3,(H,19,20,21). The van der Waals surface area contributed by atoms with Gasteiger partial charge >= 0.3 is 0 Å². The third-order valence-electron chi connectivity index (χ3n) is 4.59. The molecule has 1 aromatic heterocycles. The zero-order valence-electron chi connectivity index (χ0n) is 14.7. The molecule has 7 nitrogen and oxygen atoms in total. The molecule has 4 rings (SSSR count). The topological polar surface area (TPSA) is 62.8 Å². The molecule has 0 bridgehead atoms. The molecule has 3 heterocycles. The number of piperazine rings is 1. The van der Waals surface area contributed by atoms with Crippen LogP contribution in [0.1, 0.15) is 12.6 Å². The van der Waals surface area contributed by atoms with Gasteiger partial charge in [0.2, 0.25) is 12.7 Å². The molecule has 0 amide bonds. The van der Waals surface area contributed by atoms with Crippen LogP contribution < -0.4 is 19.7 Å². The smallest absolute Gasteiger partial charge is 0.231 e. The van der Waals surface area contributed by atoms with E-state index in [1.54, 1.807) is 0 Å². The van der Waals surface area contributed by atoms with E-state index in [1.165, 1.54) is 0 Å². The van der Waals surface area contributed by atoms with Crippen LogP contribution in [-0.2, 0) is 0 Å². The Kier molecular flexibility index (Phi) is 4.31. The Labute approximate surface area is 147 Å². The highest BCUT2D eigenvalue weighted by molar-refractivity contribution is 5.62. The molecule has 7 heteroatoms. The molecule has 25 heavy (non-hydrogen) atoms. The Morgan fingerprint density at radius 1 is 1.04 bits per heavy atom. The van der Waals surface area contributed by atoms with E-state index in [0.717, 1.165) is 67.4 Å². The van der Waals surface area contributed by atoms with Crippen molar-refractivity contribution < 1.29 is 9.47 Å². The van der Waals surface area contributed by atoms with E-state index in [4.69, 9.17) is 14.5 Å². The highest BCUT2D eigenvalue weighted by Gasteiger charge is 2.19. The number of likely N-dealkylation sites (N-methyl/N-ethyl adjacent to an activating group) is 1. The van der Waals surface area contributed by atoms with Crippen molar-refractivity contribution in [3.05, 3.63) is 30.0 Å². The molecule has 0 radical (unpaired) electrons. The van der Waals surface area contributed by atoms with Crippen LogP contribution in [-0.4, -0.2) is 54.4 Å². The number of rotatable bonds is 4. The van der Waals surface area contributed by atoms with Gasteiger partial charge in [-0.1, -0.05) is 6.92 Å². The fourth-order valence-electron chi connectivity index (χ4n) is 3.14. The van der Waals surface area contributed by atoms with Crippen molar-refractivity contribution in [2.45, 2.75) is 13.8 Å². The SMILES string of the molecule is CCN1CCN(c2nc(C)cc(Nc3ccc4c(c3)OCO4)n2)CC1. The minimum Gasteiger partial charge on any atom is -0.454 e. The van der Waals surface area contributed by atoms with E-state index in [-0.39, 0.29) is 6.79 Å². The average Bonchev–Trinajstić information content (AvgIpc) is 3.09. The van der Waals surface area contributed by atoms with E-state index in [9.17, 15) is 0 Å². The van der Waals surface area contributed by atoms with Gasteiger partial charge in [0.05, 0.1) is 0 Å². The Balaban J connectivity index is 1.52. The predicted octanol–water partition coefficient (Wildman–Crippen LogP) is 2.40. The quantitative estimate of drug-likeness (QED) is 0.916. The van der Waals surface area contributed by atoms with Crippen molar-refractivity contribution in [3.8, 4) is 11.5 Å². The Morgan fingerprint density at radius 2 is 1.84 bits per heavy atom. The molecule has 1 N–H and O–H groups in total. The highest BCUT2D eigenvalue weighted by atomic mass is 16.7. The zero-order valence-corrected chi connectivity index (χ0v) is 14.7. The monoisotopic (exact) mass is 341 g/mol. The summed E-state index contributed by atoms with van der Waals surface area (Å²) in [6.07, 6.45) is 0. The molecule has 0 unspecified atom stereocenters. The van der Waals surface area contributed by atoms with Crippen LogP contribution in [0, 0.1) is 6.92 Å². The van der Waals surface area contributed by atoms with Crippen molar-refractivity contribution in [1.82, 2.24) is 14.9 Å². The van der Waals surface area contributed by atoms with Crippen LogP contribution in [0.4, 0.5) is 17.5 Å². The first kappa shape index (κ1) is 16.0. The number of anilines is 3. The number of nitrogens with one attached hydrogen (secondary N) is 1. The van der Waals surface area contributed by atoms with E-state index < -0.39 is 0 Å². The molecule has 132 valence electrons. The fraction of sp³-hybridized carbons (Fsp3) is 0.444. The molecule has 0 saturated carbocycles. The number of hydrogen-bond acceptors (Lipinski definition) is 7. The summed E-state index contributed by atoms with van der Waals surface area (Å²) in [4.78, 5) is 14.0. The van der Waals surface area contributed by atoms with Gasteiger partial charge in [-0.2, -0.15) is 4.98 Å². The number of aromatic nitrogens is 2. The van der Waals surface area contributed by atoms with Crippen molar-refractivity contribution in [3.63, 3.8) is 0 Å². The number of aryl methyl sites for hydroxylation is 1. The maximum atomic E-state index is 5.43. The van der Waals surface area contributed by atoms with Gasteiger partial charge in [0.25, 0.3) is 0 Å². The molecule has 2 aromatic rings. The Bertz CT molecular complexity index is 759. The summed E-state index contributed by atoms with van der Waals surface area (Å²) in [5.74, 6) is 3.11. The lowest BCUT2D eigenvalue weighted by Crippen LogP contribution is -2.46. The summed E-state index contributed by atoms with van der Waals surface area (Å²) >= 11 is 0. The second kappa shape index (κ2) is 6.76. The van der Waals surface area contributed by atoms with Crippen molar-refractivity contribution in [2.75, 3.05) is 49.7 Å². The largest absolute Gasteiger partial charge is 0.454 e. The minimum absolute atomic E-state index is 0.277. The van der Waals surface area contributed by atoms with E-state index in [0.29, 0.717) is 0 Å². The third-order valence-corrected chi connectivity index (χ3v) is 4.59. The maximum Gasteiger partial charge on any atom is 0.231 e. The summed E-state index contributed by atoms with van der Waals surface area (Å²) in [6.45, 7) is 9.60. The van der Waals surface area contributed by atoms with Crippen LogP contribution in [0.3, 0.4) is 0 Å². The molecular formula is C18H23N5O2. The molecule has 1 saturated heterocycles. The lowest BCUT2D eigenvalue weighted by Gasteiger charge is -2.34. The number of benzene rings is 1. The summed E-state index contributed by atoms with van der Waals surface area (Å²) in [5.41, 5.74) is 1.87. The molecule has 1 aromatic carbocycles. The first-order valence-electron chi connectivity index (χ1n) is 8.71. The minimum atomic E-state index is 0.277. The zero-order chi connectivity index (χ0) is 17.2. The van der Waals surface area contributed by atoms with Crippen LogP contribution in [0.5, 0.6) is 11.5 Å². The predicted molar refractivity (Wildman–Crippen MR) is 96.9 cm³/mol. The molecular weight excluding hydrogens is 318 g/mol. The molecule has 0 aliphatic carbocycles. The van der Waals surface area contributed by atoms with Crippen LogP contribution in [0.25, 0.3) is 0 Å². The van der Waals surface area contributed by atoms with Gasteiger partial charge in [0.1, 0.15) is 5.82 Å². The lowest BCUT2D eigenvalue weighted by molar-refractivity contribution is 0.174. The molecule has 2 aliphatic rings. The van der Waals surface area contributed by atoms with Gasteiger partial charge in [-0.25, -0.2) is 4.98 Å². The first-order chi connectivity index (χ1) is 12.2. The van der Waals surface area contributed by atoms with Crippen LogP contribution >= 0.6 is 0 Å². The van der Waals surface area contributed by atoms with Crippen molar-refractivity contribution in [1.29, 1.82) is 0 Å². The average molecular weight is 341 g/mol. The number of nitrogens with zero attached hydrogens (tertiary/aromatic N) is 4. The first-order valence-corrected chi connectivity index (χ1v) is 8.71. The molecule has 1 fully saturated rings. The van der Waals surface area contributed by atoms with Crippen molar-refractivity contribution in [2.24, 2.45) is 0 Å². The summed E-state index contributed by atoms with van der Waals surface area (Å²) < 4.78 is 10.8. The van der Waals surface area contributed by atoms with E-state index >= 15 is 0 Å². The molecule has 0 spiro atoms. The summed E-state index contributed by atoms with van der Waals surface area (Å²) in [6, 6.07) is 7.75. The second-order valence-electron chi connectivity index (χ2n) is 6.31. The molecule has 2 aliphatic heterocycles. The second-order valence-corrected chi connectivity index (χ2v) is 6.31. The number of hydrogen-bond donors (Lipinski definition) is 1. The fourth-order valence-corrected chi connectivity index (χ4v) is 3.14. The Morgan fingerprint density at radius 3 is 2.64 bits per heavy atom. The van der Waals surface area contributed by atoms with Gasteiger partial charge in [0, 0.05) is 49.7 Å². The van der Waals surface area contributed by atoms with Gasteiger partial charge < -0.3 is 24.6 Å². The third kappa shape index (κ3) is 3.46. The Hall–Kier alpha value is -2.54. The van der Waals surface area contributed by atoms with Gasteiger partial charge in [-0.05, 0) is 25.6 Å². The number of fused-ring (bicyclic) bond motifs is 1. The van der Waals surface area contributed by atoms with Crippen LogP contribution in [0.2, 0.25) is 0 Å². The molecule has 0 atom stereocenters. The lowest BCUT2D eigenvalue weighted by atomic mass is 10.2. The van der Waals surface area contributed by atoms with E-state index in [2.05, 4.69) is 27.0 Å². The van der Waals surface area contributed by atoms with Gasteiger partial charge in [-0.15, -0.1) is 0 Å².